The first-order valence-electron chi connectivity index (χ1n) is 5.50. The van der Waals surface area contributed by atoms with Gasteiger partial charge in [0.1, 0.15) is 17.8 Å². The Morgan fingerprint density at radius 2 is 1.22 bits per heavy atom. The molecule has 0 saturated carbocycles. The third-order valence-electron chi connectivity index (χ3n) is 2.20. The molecule has 0 radical (unpaired) electrons. The Bertz CT molecular complexity index is 485. The van der Waals surface area contributed by atoms with Gasteiger partial charge in [0.05, 0.1) is 0 Å². The molecule has 2 aromatic carbocycles. The van der Waals surface area contributed by atoms with Gasteiger partial charge in [-0.15, -0.1) is 0 Å². The highest BCUT2D eigenvalue weighted by Crippen LogP contribution is 2.46. The summed E-state index contributed by atoms with van der Waals surface area (Å²) in [4.78, 5) is 0. The van der Waals surface area contributed by atoms with E-state index >= 15 is 0 Å². The standard InChI is InChI=1S/C13H14NO3P/c14-11-18(15,16-12-7-3-1-4-8-12)17-13-9-5-2-6-10-13/h1-10H,11,14H2. The van der Waals surface area contributed by atoms with Crippen molar-refractivity contribution in [1.29, 1.82) is 0 Å². The molecule has 2 N–H and O–H groups in total. The molecule has 0 aliphatic heterocycles. The maximum atomic E-state index is 12.4. The number of benzene rings is 2. The Morgan fingerprint density at radius 3 is 1.56 bits per heavy atom. The summed E-state index contributed by atoms with van der Waals surface area (Å²) in [7, 11) is -3.37. The Balaban J connectivity index is 2.14. The molecule has 4 nitrogen and oxygen atoms in total. The minimum Gasteiger partial charge on any atom is -0.415 e. The van der Waals surface area contributed by atoms with Gasteiger partial charge < -0.3 is 14.8 Å². The van der Waals surface area contributed by atoms with Crippen molar-refractivity contribution in [2.45, 2.75) is 0 Å². The van der Waals surface area contributed by atoms with Crippen LogP contribution in [0.3, 0.4) is 0 Å². The predicted molar refractivity (Wildman–Crippen MR) is 70.8 cm³/mol. The summed E-state index contributed by atoms with van der Waals surface area (Å²) in [5.41, 5.74) is 5.49. The molecule has 0 aromatic heterocycles. The van der Waals surface area contributed by atoms with Crippen LogP contribution in [0.5, 0.6) is 11.5 Å². The van der Waals surface area contributed by atoms with Crippen molar-refractivity contribution in [2.75, 3.05) is 6.29 Å². The number of para-hydroxylation sites is 2. The molecule has 0 fully saturated rings. The molecule has 18 heavy (non-hydrogen) atoms. The van der Waals surface area contributed by atoms with Crippen LogP contribution >= 0.6 is 7.60 Å². The number of rotatable bonds is 5. The van der Waals surface area contributed by atoms with Gasteiger partial charge in [-0.25, -0.2) is 4.57 Å². The monoisotopic (exact) mass is 263 g/mol. The summed E-state index contributed by atoms with van der Waals surface area (Å²) < 4.78 is 23.1. The normalized spacial score (nSPS) is 10.9. The van der Waals surface area contributed by atoms with E-state index < -0.39 is 7.60 Å². The third-order valence-corrected chi connectivity index (χ3v) is 3.62. The molecule has 0 amide bonds. The van der Waals surface area contributed by atoms with E-state index in [1.54, 1.807) is 48.5 Å². The fourth-order valence-electron chi connectivity index (χ4n) is 1.38. The molecule has 0 atom stereocenters. The molecule has 0 aliphatic carbocycles. The molecule has 5 heteroatoms. The maximum absolute atomic E-state index is 12.4. The quantitative estimate of drug-likeness (QED) is 0.841. The van der Waals surface area contributed by atoms with Gasteiger partial charge in [0.15, 0.2) is 0 Å². The summed E-state index contributed by atoms with van der Waals surface area (Å²) in [6, 6.07) is 17.7. The highest BCUT2D eigenvalue weighted by Gasteiger charge is 2.25. The van der Waals surface area contributed by atoms with E-state index in [1.165, 1.54) is 0 Å². The number of hydrogen-bond donors (Lipinski definition) is 1. The first-order chi connectivity index (χ1) is 8.72. The van der Waals surface area contributed by atoms with Gasteiger partial charge in [-0.2, -0.15) is 0 Å². The van der Waals surface area contributed by atoms with Crippen LogP contribution < -0.4 is 14.8 Å². The fraction of sp³-hybridized carbons (Fsp3) is 0.0769. The molecule has 2 rings (SSSR count). The first-order valence-corrected chi connectivity index (χ1v) is 7.23. The summed E-state index contributed by atoms with van der Waals surface area (Å²) in [5.74, 6) is 0.949. The van der Waals surface area contributed by atoms with Crippen LogP contribution in [0, 0.1) is 0 Å². The molecule has 94 valence electrons. The molecule has 0 saturated heterocycles. The van der Waals surface area contributed by atoms with Crippen molar-refractivity contribution in [3.63, 3.8) is 0 Å². The molecule has 0 spiro atoms. The van der Waals surface area contributed by atoms with E-state index in [-0.39, 0.29) is 6.29 Å². The number of hydrogen-bond acceptors (Lipinski definition) is 4. The van der Waals surface area contributed by atoms with Crippen LogP contribution in [0.2, 0.25) is 0 Å². The van der Waals surface area contributed by atoms with Gasteiger partial charge in [-0.1, -0.05) is 36.4 Å². The second-order valence-electron chi connectivity index (χ2n) is 3.60. The summed E-state index contributed by atoms with van der Waals surface area (Å²) >= 11 is 0. The average Bonchev–Trinajstić information content (AvgIpc) is 2.41. The molecule has 0 unspecified atom stereocenters. The van der Waals surface area contributed by atoms with Crippen LogP contribution in [0.15, 0.2) is 60.7 Å². The zero-order valence-corrected chi connectivity index (χ0v) is 10.6. The van der Waals surface area contributed by atoms with E-state index in [2.05, 4.69) is 0 Å². The van der Waals surface area contributed by atoms with Crippen molar-refractivity contribution >= 4 is 7.60 Å². The molecule has 0 heterocycles. The highest BCUT2D eigenvalue weighted by atomic mass is 31.2. The minimum absolute atomic E-state index is 0.184. The predicted octanol–water partition coefficient (Wildman–Crippen LogP) is 3.25. The molecular formula is C13H14NO3P. The second kappa shape index (κ2) is 5.71. The summed E-state index contributed by atoms with van der Waals surface area (Å²) in [5, 5.41) is 0. The van der Waals surface area contributed by atoms with Gasteiger partial charge in [0, 0.05) is 0 Å². The Morgan fingerprint density at radius 1 is 0.833 bits per heavy atom. The second-order valence-corrected chi connectivity index (χ2v) is 5.55. The average molecular weight is 263 g/mol. The largest absolute Gasteiger partial charge is 0.444 e. The van der Waals surface area contributed by atoms with Crippen LogP contribution in [0.25, 0.3) is 0 Å². The third kappa shape index (κ3) is 3.36. The van der Waals surface area contributed by atoms with Gasteiger partial charge in [-0.05, 0) is 24.3 Å². The van der Waals surface area contributed by atoms with E-state index in [4.69, 9.17) is 14.8 Å². The van der Waals surface area contributed by atoms with E-state index in [9.17, 15) is 4.57 Å². The highest BCUT2D eigenvalue weighted by molar-refractivity contribution is 7.54. The lowest BCUT2D eigenvalue weighted by Crippen LogP contribution is -2.11. The molecule has 2 aromatic rings. The van der Waals surface area contributed by atoms with Crippen molar-refractivity contribution in [1.82, 2.24) is 0 Å². The van der Waals surface area contributed by atoms with Gasteiger partial charge in [-0.3, -0.25) is 0 Å². The Labute approximate surface area is 106 Å². The van der Waals surface area contributed by atoms with Crippen LogP contribution in [0.4, 0.5) is 0 Å². The van der Waals surface area contributed by atoms with Crippen molar-refractivity contribution in [3.05, 3.63) is 60.7 Å². The lowest BCUT2D eigenvalue weighted by molar-refractivity contribution is 0.386. The van der Waals surface area contributed by atoms with E-state index in [1.807, 2.05) is 12.1 Å². The van der Waals surface area contributed by atoms with Gasteiger partial charge in [0.2, 0.25) is 0 Å². The number of nitrogens with two attached hydrogens (primary N) is 1. The van der Waals surface area contributed by atoms with Crippen LogP contribution in [0.1, 0.15) is 0 Å². The van der Waals surface area contributed by atoms with Gasteiger partial charge >= 0.3 is 7.60 Å². The zero-order valence-electron chi connectivity index (χ0n) is 9.73. The van der Waals surface area contributed by atoms with E-state index in [0.717, 1.165) is 0 Å². The van der Waals surface area contributed by atoms with Crippen molar-refractivity contribution in [3.8, 4) is 11.5 Å². The first kappa shape index (κ1) is 12.7. The topological polar surface area (TPSA) is 61.6 Å². The van der Waals surface area contributed by atoms with Crippen LogP contribution in [-0.2, 0) is 4.57 Å². The fourth-order valence-corrected chi connectivity index (χ4v) is 2.45. The van der Waals surface area contributed by atoms with Gasteiger partial charge in [0.25, 0.3) is 0 Å². The molecule has 0 bridgehead atoms. The van der Waals surface area contributed by atoms with E-state index in [0.29, 0.717) is 11.5 Å². The van der Waals surface area contributed by atoms with Crippen molar-refractivity contribution in [2.24, 2.45) is 5.73 Å². The lowest BCUT2D eigenvalue weighted by Gasteiger charge is -2.18. The molecular weight excluding hydrogens is 249 g/mol. The summed E-state index contributed by atoms with van der Waals surface area (Å²) in [6.45, 7) is 0. The smallest absolute Gasteiger partial charge is 0.415 e. The van der Waals surface area contributed by atoms with Crippen LogP contribution in [-0.4, -0.2) is 6.29 Å². The zero-order chi connectivity index (χ0) is 12.8. The SMILES string of the molecule is NCP(=O)(Oc1ccccc1)Oc1ccccc1. The maximum Gasteiger partial charge on any atom is 0.444 e. The Kier molecular flexibility index (Phi) is 4.03. The summed E-state index contributed by atoms with van der Waals surface area (Å²) in [6.07, 6.45) is -0.184. The van der Waals surface area contributed by atoms with Crippen molar-refractivity contribution < 1.29 is 13.6 Å². The molecule has 0 aliphatic rings. The lowest BCUT2D eigenvalue weighted by atomic mass is 10.3. The minimum atomic E-state index is -3.37. The Hall–Kier alpha value is -1.77.